The quantitative estimate of drug-likeness (QED) is 0.425. The SMILES string of the molecule is O=C(O)O.OC1c2ccc(C3CCCC3)cc2OCC1Cc1ccc(-c2ccccc2)cc1. The van der Waals surface area contributed by atoms with E-state index in [2.05, 4.69) is 66.7 Å². The first-order chi connectivity index (χ1) is 16.0. The van der Waals surface area contributed by atoms with Crippen molar-refractivity contribution in [3.05, 3.63) is 89.5 Å². The van der Waals surface area contributed by atoms with Crippen molar-refractivity contribution in [3.8, 4) is 16.9 Å². The van der Waals surface area contributed by atoms with E-state index in [1.165, 1.54) is 47.9 Å². The van der Waals surface area contributed by atoms with Crippen molar-refractivity contribution in [3.63, 3.8) is 0 Å². The lowest BCUT2D eigenvalue weighted by Gasteiger charge is -2.31. The second-order valence-electron chi connectivity index (χ2n) is 8.84. The van der Waals surface area contributed by atoms with Crippen LogP contribution in [0.4, 0.5) is 4.79 Å². The fraction of sp³-hybridized carbons (Fsp3) is 0.321. The van der Waals surface area contributed by atoms with Gasteiger partial charge < -0.3 is 20.1 Å². The fourth-order valence-electron chi connectivity index (χ4n) is 4.91. The van der Waals surface area contributed by atoms with E-state index in [4.69, 9.17) is 19.7 Å². The second-order valence-corrected chi connectivity index (χ2v) is 8.84. The maximum atomic E-state index is 11.0. The smallest absolute Gasteiger partial charge is 0.493 e. The van der Waals surface area contributed by atoms with Gasteiger partial charge >= 0.3 is 6.16 Å². The first-order valence-corrected chi connectivity index (χ1v) is 11.5. The predicted molar refractivity (Wildman–Crippen MR) is 128 cm³/mol. The number of carboxylic acid groups (broad SMARTS) is 2. The highest BCUT2D eigenvalue weighted by atomic mass is 16.6. The van der Waals surface area contributed by atoms with Gasteiger partial charge in [-0.2, -0.15) is 0 Å². The summed E-state index contributed by atoms with van der Waals surface area (Å²) < 4.78 is 6.11. The lowest BCUT2D eigenvalue weighted by atomic mass is 9.86. The number of rotatable bonds is 4. The Morgan fingerprint density at radius 1 is 0.879 bits per heavy atom. The largest absolute Gasteiger partial charge is 0.503 e. The van der Waals surface area contributed by atoms with Crippen molar-refractivity contribution < 1.29 is 24.9 Å². The zero-order valence-corrected chi connectivity index (χ0v) is 18.6. The molecule has 0 aromatic heterocycles. The van der Waals surface area contributed by atoms with Crippen LogP contribution in [0.25, 0.3) is 11.1 Å². The Morgan fingerprint density at radius 2 is 1.52 bits per heavy atom. The van der Waals surface area contributed by atoms with Gasteiger partial charge in [0.05, 0.1) is 12.7 Å². The highest BCUT2D eigenvalue weighted by molar-refractivity contribution is 5.63. The lowest BCUT2D eigenvalue weighted by molar-refractivity contribution is 0.0507. The van der Waals surface area contributed by atoms with Crippen LogP contribution in [-0.2, 0) is 6.42 Å². The molecule has 2 unspecified atom stereocenters. The van der Waals surface area contributed by atoms with Crippen LogP contribution in [-0.4, -0.2) is 28.1 Å². The van der Waals surface area contributed by atoms with Gasteiger partial charge in [-0.25, -0.2) is 4.79 Å². The average Bonchev–Trinajstić information content (AvgIpc) is 3.37. The highest BCUT2D eigenvalue weighted by Gasteiger charge is 2.30. The first kappa shape index (κ1) is 22.9. The molecular weight excluding hydrogens is 416 g/mol. The average molecular weight is 447 g/mol. The minimum absolute atomic E-state index is 0.0856. The molecule has 0 bridgehead atoms. The molecule has 0 saturated heterocycles. The van der Waals surface area contributed by atoms with Gasteiger partial charge in [0, 0.05) is 11.5 Å². The van der Waals surface area contributed by atoms with Crippen LogP contribution in [0, 0.1) is 5.92 Å². The molecule has 1 heterocycles. The van der Waals surface area contributed by atoms with Crippen molar-refractivity contribution in [2.75, 3.05) is 6.61 Å². The fourth-order valence-corrected chi connectivity index (χ4v) is 4.91. The van der Waals surface area contributed by atoms with Gasteiger partial charge in [-0.3, -0.25) is 0 Å². The summed E-state index contributed by atoms with van der Waals surface area (Å²) in [6.45, 7) is 0.572. The molecular formula is C28H30O5. The number of hydrogen-bond acceptors (Lipinski definition) is 3. The molecule has 3 aromatic carbocycles. The molecule has 172 valence electrons. The maximum Gasteiger partial charge on any atom is 0.503 e. The van der Waals surface area contributed by atoms with Gasteiger partial charge in [0.1, 0.15) is 5.75 Å². The van der Waals surface area contributed by atoms with E-state index in [9.17, 15) is 5.11 Å². The summed E-state index contributed by atoms with van der Waals surface area (Å²) in [5, 5.41) is 24.9. The molecule has 3 aromatic rings. The Bertz CT molecular complexity index is 1050. The summed E-state index contributed by atoms with van der Waals surface area (Å²) >= 11 is 0. The van der Waals surface area contributed by atoms with Crippen LogP contribution < -0.4 is 4.74 Å². The number of hydrogen-bond donors (Lipinski definition) is 3. The van der Waals surface area contributed by atoms with E-state index in [1.807, 2.05) is 6.07 Å². The third kappa shape index (κ3) is 5.74. The summed E-state index contributed by atoms with van der Waals surface area (Å²) in [6, 6.07) is 25.6. The molecule has 5 nitrogen and oxygen atoms in total. The normalized spacial score (nSPS) is 19.7. The third-order valence-corrected chi connectivity index (χ3v) is 6.64. The molecule has 1 aliphatic carbocycles. The van der Waals surface area contributed by atoms with Crippen LogP contribution in [0.15, 0.2) is 72.8 Å². The monoisotopic (exact) mass is 446 g/mol. The van der Waals surface area contributed by atoms with Crippen LogP contribution in [0.3, 0.4) is 0 Å². The summed E-state index contributed by atoms with van der Waals surface area (Å²) in [5.41, 5.74) is 6.02. The van der Waals surface area contributed by atoms with Gasteiger partial charge in [0.15, 0.2) is 0 Å². The van der Waals surface area contributed by atoms with E-state index in [-0.39, 0.29) is 5.92 Å². The molecule has 0 radical (unpaired) electrons. The zero-order valence-electron chi connectivity index (χ0n) is 18.6. The predicted octanol–water partition coefficient (Wildman–Crippen LogP) is 6.52. The summed E-state index contributed by atoms with van der Waals surface area (Å²) in [5.74, 6) is 1.64. The minimum atomic E-state index is -1.83. The Balaban J connectivity index is 0.000000601. The molecule has 0 amide bonds. The maximum absolute atomic E-state index is 11.0. The van der Waals surface area contributed by atoms with Gasteiger partial charge in [-0.1, -0.05) is 79.6 Å². The first-order valence-electron chi connectivity index (χ1n) is 11.5. The lowest BCUT2D eigenvalue weighted by Crippen LogP contribution is -2.27. The summed E-state index contributed by atoms with van der Waals surface area (Å²) in [4.78, 5) is 8.56. The molecule has 5 heteroatoms. The van der Waals surface area contributed by atoms with Gasteiger partial charge in [-0.05, 0) is 53.5 Å². The third-order valence-electron chi connectivity index (χ3n) is 6.64. The van der Waals surface area contributed by atoms with Crippen LogP contribution in [0.1, 0.15) is 54.4 Å². The number of aliphatic hydroxyl groups excluding tert-OH is 1. The molecule has 5 rings (SSSR count). The van der Waals surface area contributed by atoms with Gasteiger partial charge in [0.25, 0.3) is 0 Å². The van der Waals surface area contributed by atoms with Gasteiger partial charge in [0.2, 0.25) is 0 Å². The molecule has 1 aliphatic heterocycles. The van der Waals surface area contributed by atoms with Crippen molar-refractivity contribution in [2.45, 2.75) is 44.1 Å². The standard InChI is InChI=1S/C27H28O2.CH2O3/c28-27-24(16-19-10-12-22(13-11-19)20-6-2-1-3-7-20)18-29-26-17-23(14-15-25(26)27)21-8-4-5-9-21;2-1(3)4/h1-3,6-7,10-15,17,21,24,27-28H,4-5,8-9,16,18H2;(H2,2,3,4). The minimum Gasteiger partial charge on any atom is -0.493 e. The number of ether oxygens (including phenoxy) is 1. The highest BCUT2D eigenvalue weighted by Crippen LogP contribution is 2.41. The van der Waals surface area contributed by atoms with Gasteiger partial charge in [-0.15, -0.1) is 0 Å². The zero-order chi connectivity index (χ0) is 23.2. The second kappa shape index (κ2) is 10.5. The Hall–Kier alpha value is -3.31. The number of fused-ring (bicyclic) bond motifs is 1. The van der Waals surface area contributed by atoms with E-state index < -0.39 is 12.3 Å². The molecule has 2 atom stereocenters. The molecule has 3 N–H and O–H groups in total. The molecule has 0 spiro atoms. The Kier molecular flexibility index (Phi) is 7.30. The number of aliphatic hydroxyl groups is 1. The van der Waals surface area contributed by atoms with Crippen LogP contribution in [0.5, 0.6) is 5.75 Å². The summed E-state index contributed by atoms with van der Waals surface area (Å²) in [6.07, 6.45) is 3.74. The number of benzene rings is 3. The van der Waals surface area contributed by atoms with E-state index in [1.54, 1.807) is 0 Å². The Labute approximate surface area is 194 Å². The topological polar surface area (TPSA) is 87.0 Å². The Morgan fingerprint density at radius 3 is 2.18 bits per heavy atom. The van der Waals surface area contributed by atoms with Crippen molar-refractivity contribution in [1.82, 2.24) is 0 Å². The van der Waals surface area contributed by atoms with E-state index in [0.29, 0.717) is 12.5 Å². The van der Waals surface area contributed by atoms with Crippen LogP contribution in [0.2, 0.25) is 0 Å². The van der Waals surface area contributed by atoms with Crippen molar-refractivity contribution >= 4 is 6.16 Å². The number of carbonyl (C=O) groups is 1. The van der Waals surface area contributed by atoms with Crippen molar-refractivity contribution in [2.24, 2.45) is 5.92 Å². The van der Waals surface area contributed by atoms with E-state index in [0.717, 1.165) is 17.7 Å². The van der Waals surface area contributed by atoms with E-state index >= 15 is 0 Å². The van der Waals surface area contributed by atoms with Crippen molar-refractivity contribution in [1.29, 1.82) is 0 Å². The summed E-state index contributed by atoms with van der Waals surface area (Å²) in [7, 11) is 0. The van der Waals surface area contributed by atoms with Crippen LogP contribution >= 0.6 is 0 Å². The molecule has 1 fully saturated rings. The molecule has 33 heavy (non-hydrogen) atoms. The molecule has 2 aliphatic rings. The molecule has 1 saturated carbocycles.